The molecule has 2 rings (SSSR count). The first-order chi connectivity index (χ1) is 10.6. The van der Waals surface area contributed by atoms with Gasteiger partial charge >= 0.3 is 0 Å². The molecule has 22 heavy (non-hydrogen) atoms. The molecule has 0 aromatic heterocycles. The van der Waals surface area contributed by atoms with Crippen LogP contribution in [0.25, 0.3) is 0 Å². The van der Waals surface area contributed by atoms with Crippen molar-refractivity contribution in [3.8, 4) is 0 Å². The Morgan fingerprint density at radius 1 is 1.27 bits per heavy atom. The largest absolute Gasteiger partial charge is 0.384 e. The monoisotopic (exact) mass is 335 g/mol. The first kappa shape index (κ1) is 18.1. The number of hydrogen-bond donors (Lipinski definition) is 1. The number of morpholine rings is 1. The third-order valence-electron chi connectivity index (χ3n) is 4.26. The predicted octanol–water partition coefficient (Wildman–Crippen LogP) is -0.0985. The molecule has 7 nitrogen and oxygen atoms in total. The van der Waals surface area contributed by atoms with Crippen LogP contribution in [0.1, 0.15) is 19.3 Å². The lowest BCUT2D eigenvalue weighted by Gasteiger charge is -2.31. The van der Waals surface area contributed by atoms with Crippen molar-refractivity contribution in [2.75, 3.05) is 66.2 Å². The third kappa shape index (κ3) is 5.75. The number of nitrogens with one attached hydrogen (secondary N) is 1. The summed E-state index contributed by atoms with van der Waals surface area (Å²) in [5.41, 5.74) is 0. The molecule has 2 saturated heterocycles. The van der Waals surface area contributed by atoms with E-state index >= 15 is 0 Å². The molecule has 2 aliphatic heterocycles. The lowest BCUT2D eigenvalue weighted by Crippen LogP contribution is -2.47. The van der Waals surface area contributed by atoms with Crippen molar-refractivity contribution in [1.29, 1.82) is 0 Å². The number of ether oxygens (including phenoxy) is 2. The van der Waals surface area contributed by atoms with Crippen molar-refractivity contribution in [2.24, 2.45) is 5.92 Å². The van der Waals surface area contributed by atoms with Crippen molar-refractivity contribution in [2.45, 2.75) is 19.3 Å². The third-order valence-corrected chi connectivity index (χ3v) is 5.84. The van der Waals surface area contributed by atoms with Gasteiger partial charge in [0.05, 0.1) is 19.8 Å². The Hall–Kier alpha value is -0.250. The van der Waals surface area contributed by atoms with E-state index in [0.717, 1.165) is 52.1 Å². The summed E-state index contributed by atoms with van der Waals surface area (Å²) in [7, 11) is -1.69. The van der Waals surface area contributed by atoms with Crippen LogP contribution in [0.4, 0.5) is 0 Å². The van der Waals surface area contributed by atoms with Crippen LogP contribution in [0, 0.1) is 5.92 Å². The van der Waals surface area contributed by atoms with Gasteiger partial charge in [0.2, 0.25) is 0 Å². The van der Waals surface area contributed by atoms with Crippen molar-refractivity contribution in [3.63, 3.8) is 0 Å². The molecule has 2 fully saturated rings. The molecular weight excluding hydrogens is 306 g/mol. The maximum atomic E-state index is 12.3. The number of nitrogens with zero attached hydrogens (tertiary/aromatic N) is 2. The standard InChI is InChI=1S/C14H29N3O4S/c1-20-13-14-4-2-7-17(12-14)22(18,19)15-5-3-6-16-8-10-21-11-9-16/h14-15H,2-13H2,1H3. The quantitative estimate of drug-likeness (QED) is 0.627. The van der Waals surface area contributed by atoms with E-state index in [1.165, 1.54) is 0 Å². The van der Waals surface area contributed by atoms with Gasteiger partial charge in [0.25, 0.3) is 10.2 Å². The van der Waals surface area contributed by atoms with Crippen LogP contribution in [0.5, 0.6) is 0 Å². The fraction of sp³-hybridized carbons (Fsp3) is 1.00. The molecule has 8 heteroatoms. The molecule has 0 amide bonds. The summed E-state index contributed by atoms with van der Waals surface area (Å²) >= 11 is 0. The van der Waals surface area contributed by atoms with Crippen LogP contribution in [-0.2, 0) is 19.7 Å². The van der Waals surface area contributed by atoms with Crippen molar-refractivity contribution < 1.29 is 17.9 Å². The zero-order chi connectivity index (χ0) is 15.8. The molecule has 130 valence electrons. The Morgan fingerprint density at radius 3 is 2.77 bits per heavy atom. The Morgan fingerprint density at radius 2 is 2.05 bits per heavy atom. The molecule has 0 spiro atoms. The summed E-state index contributed by atoms with van der Waals surface area (Å²) in [5.74, 6) is 0.309. The number of hydrogen-bond acceptors (Lipinski definition) is 5. The summed E-state index contributed by atoms with van der Waals surface area (Å²) < 4.78 is 39.4. The van der Waals surface area contributed by atoms with Gasteiger partial charge < -0.3 is 9.47 Å². The van der Waals surface area contributed by atoms with Crippen LogP contribution in [0.3, 0.4) is 0 Å². The number of piperidine rings is 1. The zero-order valence-electron chi connectivity index (χ0n) is 13.5. The first-order valence-corrected chi connectivity index (χ1v) is 9.59. The summed E-state index contributed by atoms with van der Waals surface area (Å²) in [6.45, 7) is 6.65. The van der Waals surface area contributed by atoms with E-state index in [1.807, 2.05) is 0 Å². The fourth-order valence-electron chi connectivity index (χ4n) is 3.04. The van der Waals surface area contributed by atoms with Crippen molar-refractivity contribution in [3.05, 3.63) is 0 Å². The molecule has 1 N–H and O–H groups in total. The van der Waals surface area contributed by atoms with Crippen molar-refractivity contribution in [1.82, 2.24) is 13.9 Å². The average molecular weight is 335 g/mol. The van der Waals surface area contributed by atoms with Gasteiger partial charge in [0.1, 0.15) is 0 Å². The second-order valence-electron chi connectivity index (χ2n) is 6.03. The smallest absolute Gasteiger partial charge is 0.279 e. The molecule has 0 aliphatic carbocycles. The van der Waals surface area contributed by atoms with Gasteiger partial charge in [-0.2, -0.15) is 12.7 Å². The fourth-order valence-corrected chi connectivity index (χ4v) is 4.40. The molecular formula is C14H29N3O4S. The lowest BCUT2D eigenvalue weighted by molar-refractivity contribution is 0.0376. The lowest BCUT2D eigenvalue weighted by atomic mass is 10.0. The highest BCUT2D eigenvalue weighted by atomic mass is 32.2. The highest BCUT2D eigenvalue weighted by Crippen LogP contribution is 2.18. The molecule has 0 aromatic carbocycles. The molecule has 0 bridgehead atoms. The van der Waals surface area contributed by atoms with Gasteiger partial charge in [0, 0.05) is 39.8 Å². The van der Waals surface area contributed by atoms with E-state index in [2.05, 4.69) is 9.62 Å². The molecule has 0 aromatic rings. The Bertz CT molecular complexity index is 410. The minimum atomic E-state index is -3.35. The first-order valence-electron chi connectivity index (χ1n) is 8.15. The minimum Gasteiger partial charge on any atom is -0.384 e. The van der Waals surface area contributed by atoms with Crippen LogP contribution >= 0.6 is 0 Å². The maximum absolute atomic E-state index is 12.3. The van der Waals surface area contributed by atoms with Gasteiger partial charge in [-0.25, -0.2) is 4.72 Å². The second-order valence-corrected chi connectivity index (χ2v) is 7.78. The van der Waals surface area contributed by atoms with Gasteiger partial charge in [-0.1, -0.05) is 0 Å². The van der Waals surface area contributed by atoms with Gasteiger partial charge in [-0.05, 0) is 31.7 Å². The van der Waals surface area contributed by atoms with E-state index in [0.29, 0.717) is 32.2 Å². The molecule has 2 aliphatic rings. The summed E-state index contributed by atoms with van der Waals surface area (Å²) in [5, 5.41) is 0. The van der Waals surface area contributed by atoms with Gasteiger partial charge in [-0.3, -0.25) is 4.90 Å². The topological polar surface area (TPSA) is 71.1 Å². The highest BCUT2D eigenvalue weighted by Gasteiger charge is 2.28. The van der Waals surface area contributed by atoms with E-state index in [1.54, 1.807) is 11.4 Å². The Kier molecular flexibility index (Phi) is 7.52. The van der Waals surface area contributed by atoms with Gasteiger partial charge in [0.15, 0.2) is 0 Å². The van der Waals surface area contributed by atoms with Crippen LogP contribution in [0.2, 0.25) is 0 Å². The zero-order valence-corrected chi connectivity index (χ0v) is 14.3. The Balaban J connectivity index is 1.68. The normalized spacial score (nSPS) is 25.4. The average Bonchev–Trinajstić information content (AvgIpc) is 2.53. The predicted molar refractivity (Wildman–Crippen MR) is 85.0 cm³/mol. The highest BCUT2D eigenvalue weighted by molar-refractivity contribution is 7.87. The van der Waals surface area contributed by atoms with Crippen LogP contribution < -0.4 is 4.72 Å². The van der Waals surface area contributed by atoms with Crippen LogP contribution in [0.15, 0.2) is 0 Å². The van der Waals surface area contributed by atoms with E-state index in [9.17, 15) is 8.42 Å². The van der Waals surface area contributed by atoms with Crippen molar-refractivity contribution >= 4 is 10.2 Å². The summed E-state index contributed by atoms with van der Waals surface area (Å²) in [6.07, 6.45) is 2.77. The van der Waals surface area contributed by atoms with Crippen LogP contribution in [-0.4, -0.2) is 83.8 Å². The minimum absolute atomic E-state index is 0.309. The Labute approximate surface area is 134 Å². The molecule has 0 saturated carbocycles. The van der Waals surface area contributed by atoms with E-state index in [4.69, 9.17) is 9.47 Å². The summed E-state index contributed by atoms with van der Waals surface area (Å²) in [4.78, 5) is 2.31. The van der Waals surface area contributed by atoms with Gasteiger partial charge in [-0.15, -0.1) is 0 Å². The summed E-state index contributed by atoms with van der Waals surface area (Å²) in [6, 6.07) is 0. The molecule has 0 radical (unpaired) electrons. The SMILES string of the molecule is COCC1CCCN(S(=O)(=O)NCCCN2CCOCC2)C1. The second kappa shape index (κ2) is 9.14. The maximum Gasteiger partial charge on any atom is 0.279 e. The van der Waals surface area contributed by atoms with E-state index in [-0.39, 0.29) is 0 Å². The molecule has 2 heterocycles. The molecule has 1 unspecified atom stereocenters. The molecule has 1 atom stereocenters. The number of rotatable bonds is 8. The van der Waals surface area contributed by atoms with E-state index < -0.39 is 10.2 Å². The number of methoxy groups -OCH3 is 1.